The normalized spacial score (nSPS) is 21.3. The summed E-state index contributed by atoms with van der Waals surface area (Å²) in [6.07, 6.45) is -0.754. The minimum absolute atomic E-state index is 0.147. The van der Waals surface area contributed by atoms with E-state index in [9.17, 15) is 14.4 Å². The average molecular weight is 358 g/mol. The highest BCUT2D eigenvalue weighted by atomic mass is 16.6. The Kier molecular flexibility index (Phi) is 6.68. The lowest BCUT2D eigenvalue weighted by molar-refractivity contribution is -0.148. The van der Waals surface area contributed by atoms with Gasteiger partial charge in [-0.15, -0.1) is 0 Å². The van der Waals surface area contributed by atoms with Gasteiger partial charge in [-0.1, -0.05) is 0 Å². The summed E-state index contributed by atoms with van der Waals surface area (Å²) < 4.78 is 15.4. The largest absolute Gasteiger partial charge is 0.469 e. The zero-order valence-electron chi connectivity index (χ0n) is 16.2. The number of nitrogens with one attached hydrogen (secondary N) is 1. The molecule has 0 aromatic carbocycles. The van der Waals surface area contributed by atoms with E-state index >= 15 is 0 Å². The van der Waals surface area contributed by atoms with Crippen LogP contribution in [0.2, 0.25) is 0 Å². The fourth-order valence-electron chi connectivity index (χ4n) is 2.48. The van der Waals surface area contributed by atoms with Gasteiger partial charge < -0.3 is 24.4 Å². The second kappa shape index (κ2) is 7.93. The molecule has 1 heterocycles. The number of ether oxygens (including phenoxy) is 3. The number of carbonyl (C=O) groups excluding carboxylic acids is 3. The van der Waals surface area contributed by atoms with E-state index in [1.54, 1.807) is 41.5 Å². The van der Waals surface area contributed by atoms with Crippen molar-refractivity contribution in [1.29, 1.82) is 0 Å². The fraction of sp³-hybridized carbons (Fsp3) is 0.824. The lowest BCUT2D eigenvalue weighted by atomic mass is 9.92. The molecule has 0 saturated carbocycles. The van der Waals surface area contributed by atoms with Crippen molar-refractivity contribution in [3.05, 3.63) is 0 Å². The predicted molar refractivity (Wildman–Crippen MR) is 91.1 cm³/mol. The van der Waals surface area contributed by atoms with Crippen LogP contribution >= 0.6 is 0 Å². The monoisotopic (exact) mass is 358 g/mol. The van der Waals surface area contributed by atoms with Crippen LogP contribution in [-0.2, 0) is 19.0 Å². The van der Waals surface area contributed by atoms with Gasteiger partial charge in [0.25, 0.3) is 0 Å². The van der Waals surface area contributed by atoms with Crippen LogP contribution in [0.4, 0.5) is 9.59 Å². The van der Waals surface area contributed by atoms with Gasteiger partial charge in [-0.3, -0.25) is 4.79 Å². The maximum atomic E-state index is 12.3. The highest BCUT2D eigenvalue weighted by molar-refractivity contribution is 5.76. The van der Waals surface area contributed by atoms with Crippen molar-refractivity contribution >= 4 is 18.2 Å². The van der Waals surface area contributed by atoms with Crippen molar-refractivity contribution in [2.24, 2.45) is 5.92 Å². The van der Waals surface area contributed by atoms with E-state index in [4.69, 9.17) is 14.2 Å². The molecular weight excluding hydrogens is 328 g/mol. The summed E-state index contributed by atoms with van der Waals surface area (Å²) in [4.78, 5) is 37.8. The van der Waals surface area contributed by atoms with Crippen LogP contribution in [0.15, 0.2) is 0 Å². The first-order valence-electron chi connectivity index (χ1n) is 8.37. The highest BCUT2D eigenvalue weighted by Gasteiger charge is 2.39. The van der Waals surface area contributed by atoms with Gasteiger partial charge in [0.15, 0.2) is 0 Å². The number of methoxy groups -OCH3 is 1. The molecule has 0 aliphatic carbocycles. The average Bonchev–Trinajstić information content (AvgIpc) is 2.42. The Morgan fingerprint density at radius 3 is 2.04 bits per heavy atom. The van der Waals surface area contributed by atoms with E-state index in [-0.39, 0.29) is 6.54 Å². The first-order valence-corrected chi connectivity index (χ1v) is 8.37. The van der Waals surface area contributed by atoms with Crippen LogP contribution in [-0.4, -0.2) is 60.5 Å². The van der Waals surface area contributed by atoms with E-state index in [0.29, 0.717) is 13.0 Å². The molecule has 8 heteroatoms. The number of hydrogen-bond donors (Lipinski definition) is 1. The molecule has 1 aliphatic rings. The summed E-state index contributed by atoms with van der Waals surface area (Å²) in [6, 6.07) is -0.608. The minimum Gasteiger partial charge on any atom is -0.469 e. The van der Waals surface area contributed by atoms with Crippen LogP contribution in [0.5, 0.6) is 0 Å². The molecule has 0 radical (unpaired) electrons. The molecule has 1 rings (SSSR count). The van der Waals surface area contributed by atoms with E-state index in [2.05, 4.69) is 5.32 Å². The van der Waals surface area contributed by atoms with Gasteiger partial charge in [-0.05, 0) is 48.0 Å². The van der Waals surface area contributed by atoms with Gasteiger partial charge in [0.2, 0.25) is 0 Å². The van der Waals surface area contributed by atoms with Gasteiger partial charge in [-0.25, -0.2) is 9.59 Å². The Bertz CT molecular complexity index is 506. The Balaban J connectivity index is 2.83. The molecule has 1 saturated heterocycles. The SMILES string of the molecule is COC(=O)C1CCN(C(=O)OC(C)(C)C)CC1NC(=O)OC(C)(C)C. The topological polar surface area (TPSA) is 94.2 Å². The van der Waals surface area contributed by atoms with Gasteiger partial charge in [0.05, 0.1) is 19.1 Å². The number of rotatable bonds is 2. The summed E-state index contributed by atoms with van der Waals surface area (Å²) in [6.45, 7) is 11.1. The van der Waals surface area contributed by atoms with Gasteiger partial charge in [0, 0.05) is 13.1 Å². The molecule has 2 amide bonds. The van der Waals surface area contributed by atoms with E-state index in [1.165, 1.54) is 12.0 Å². The van der Waals surface area contributed by atoms with Gasteiger partial charge in [-0.2, -0.15) is 0 Å². The number of hydrogen-bond acceptors (Lipinski definition) is 6. The fourth-order valence-corrected chi connectivity index (χ4v) is 2.48. The summed E-state index contributed by atoms with van der Waals surface area (Å²) in [7, 11) is 1.30. The third kappa shape index (κ3) is 7.19. The second-order valence-corrected chi connectivity index (χ2v) is 8.10. The molecule has 8 nitrogen and oxygen atoms in total. The van der Waals surface area contributed by atoms with Crippen LogP contribution in [0.25, 0.3) is 0 Å². The highest BCUT2D eigenvalue weighted by Crippen LogP contribution is 2.22. The molecule has 1 aliphatic heterocycles. The molecule has 2 unspecified atom stereocenters. The number of amides is 2. The van der Waals surface area contributed by atoms with Crippen molar-refractivity contribution in [3.8, 4) is 0 Å². The zero-order valence-corrected chi connectivity index (χ0v) is 16.2. The molecule has 0 aromatic heterocycles. The van der Waals surface area contributed by atoms with E-state index < -0.39 is 41.3 Å². The summed E-state index contributed by atoms with van der Waals surface area (Å²) in [5, 5.41) is 2.68. The number of alkyl carbamates (subject to hydrolysis) is 1. The van der Waals surface area contributed by atoms with Crippen LogP contribution in [0, 0.1) is 5.92 Å². The lowest BCUT2D eigenvalue weighted by Crippen LogP contribution is -2.57. The summed E-state index contributed by atoms with van der Waals surface area (Å²) in [5.41, 5.74) is -1.28. The van der Waals surface area contributed by atoms with Crippen LogP contribution in [0.1, 0.15) is 48.0 Å². The maximum absolute atomic E-state index is 12.3. The summed E-state index contributed by atoms with van der Waals surface area (Å²) >= 11 is 0. The number of carbonyl (C=O) groups is 3. The predicted octanol–water partition coefficient (Wildman–Crippen LogP) is 2.31. The third-order valence-electron chi connectivity index (χ3n) is 3.47. The number of nitrogens with zero attached hydrogens (tertiary/aromatic N) is 1. The molecule has 25 heavy (non-hydrogen) atoms. The van der Waals surface area contributed by atoms with Crippen molar-refractivity contribution in [1.82, 2.24) is 10.2 Å². The van der Waals surface area contributed by atoms with Crippen molar-refractivity contribution in [2.45, 2.75) is 65.2 Å². The molecule has 0 spiro atoms. The van der Waals surface area contributed by atoms with Crippen molar-refractivity contribution in [2.75, 3.05) is 20.2 Å². The lowest BCUT2D eigenvalue weighted by Gasteiger charge is -2.38. The number of esters is 1. The quantitative estimate of drug-likeness (QED) is 0.601. The molecular formula is C17H30N2O6. The third-order valence-corrected chi connectivity index (χ3v) is 3.47. The van der Waals surface area contributed by atoms with E-state index in [1.807, 2.05) is 0 Å². The molecule has 1 fully saturated rings. The maximum Gasteiger partial charge on any atom is 0.410 e. The Labute approximate surface area is 149 Å². The number of piperidine rings is 1. The zero-order chi connectivity index (χ0) is 19.4. The molecule has 2 atom stereocenters. The van der Waals surface area contributed by atoms with Crippen LogP contribution in [0.3, 0.4) is 0 Å². The minimum atomic E-state index is -0.662. The van der Waals surface area contributed by atoms with Gasteiger partial charge in [0.1, 0.15) is 11.2 Å². The molecule has 144 valence electrons. The first-order chi connectivity index (χ1) is 11.3. The Hall–Kier alpha value is -1.99. The van der Waals surface area contributed by atoms with Crippen molar-refractivity contribution in [3.63, 3.8) is 0 Å². The number of likely N-dealkylation sites (tertiary alicyclic amines) is 1. The standard InChI is InChI=1S/C17H30N2O6/c1-16(2,3)24-14(21)18-12-10-19(15(22)25-17(4,5)6)9-8-11(12)13(20)23-7/h11-12H,8-10H2,1-7H3,(H,18,21). The van der Waals surface area contributed by atoms with Crippen LogP contribution < -0.4 is 5.32 Å². The smallest absolute Gasteiger partial charge is 0.410 e. The Morgan fingerprint density at radius 2 is 1.56 bits per heavy atom. The molecule has 0 aromatic rings. The van der Waals surface area contributed by atoms with E-state index in [0.717, 1.165) is 0 Å². The molecule has 1 N–H and O–H groups in total. The molecule has 0 bridgehead atoms. The van der Waals surface area contributed by atoms with Gasteiger partial charge >= 0.3 is 18.2 Å². The first kappa shape index (κ1) is 21.1. The second-order valence-electron chi connectivity index (χ2n) is 8.10. The Morgan fingerprint density at radius 1 is 1.00 bits per heavy atom. The summed E-state index contributed by atoms with van der Waals surface area (Å²) in [5.74, 6) is -0.971. The van der Waals surface area contributed by atoms with Crippen molar-refractivity contribution < 1.29 is 28.6 Å².